The van der Waals surface area contributed by atoms with Crippen molar-refractivity contribution in [3.63, 3.8) is 0 Å². The van der Waals surface area contributed by atoms with Crippen molar-refractivity contribution in [1.29, 1.82) is 0 Å². The number of sulfonamides is 1. The zero-order valence-electron chi connectivity index (χ0n) is 10.4. The van der Waals surface area contributed by atoms with E-state index in [0.717, 1.165) is 4.47 Å². The molecule has 1 aliphatic rings. The molecular weight excluding hydrogens is 316 g/mol. The van der Waals surface area contributed by atoms with E-state index in [1.165, 1.54) is 4.31 Å². The molecule has 0 spiro atoms. The molecule has 2 rings (SSSR count). The third-order valence-electron chi connectivity index (χ3n) is 3.54. The fourth-order valence-corrected chi connectivity index (χ4v) is 4.28. The second-order valence-electron chi connectivity index (χ2n) is 4.96. The molecule has 4 nitrogen and oxygen atoms in total. The van der Waals surface area contributed by atoms with Gasteiger partial charge in [0.1, 0.15) is 4.90 Å². The summed E-state index contributed by atoms with van der Waals surface area (Å²) in [5.41, 5.74) is 6.10. The van der Waals surface area contributed by atoms with Gasteiger partial charge in [-0.1, -0.05) is 29.8 Å². The minimum atomic E-state index is -3.46. The number of hydrogen-bond acceptors (Lipinski definition) is 3. The van der Waals surface area contributed by atoms with Crippen molar-refractivity contribution >= 4 is 31.6 Å². The van der Waals surface area contributed by atoms with Crippen LogP contribution in [0.3, 0.4) is 0 Å². The maximum Gasteiger partial charge on any atom is 0.245 e. The highest BCUT2D eigenvalue weighted by Crippen LogP contribution is 2.31. The maximum atomic E-state index is 12.5. The van der Waals surface area contributed by atoms with Crippen molar-refractivity contribution < 1.29 is 8.42 Å². The molecule has 0 aromatic heterocycles. The summed E-state index contributed by atoms with van der Waals surface area (Å²) < 4.78 is 27.3. The van der Waals surface area contributed by atoms with Crippen molar-refractivity contribution in [2.75, 3.05) is 18.8 Å². The highest BCUT2D eigenvalue weighted by molar-refractivity contribution is 9.10. The van der Waals surface area contributed by atoms with Gasteiger partial charge in [-0.25, -0.2) is 8.42 Å². The fourth-order valence-electron chi connectivity index (χ4n) is 2.17. The summed E-state index contributed by atoms with van der Waals surface area (Å²) in [6.07, 6.45) is 0. The Balaban J connectivity index is 2.37. The quantitative estimate of drug-likeness (QED) is 0.845. The summed E-state index contributed by atoms with van der Waals surface area (Å²) in [6, 6.07) is 4.88. The van der Waals surface area contributed by atoms with Crippen molar-refractivity contribution in [3.05, 3.63) is 22.7 Å². The van der Waals surface area contributed by atoms with Crippen LogP contribution in [0.2, 0.25) is 0 Å². The predicted molar refractivity (Wildman–Crippen MR) is 75.6 cm³/mol. The van der Waals surface area contributed by atoms with Gasteiger partial charge in [-0.05, 0) is 30.0 Å². The third kappa shape index (κ3) is 2.41. The van der Waals surface area contributed by atoms with Crippen LogP contribution in [0, 0.1) is 11.8 Å². The topological polar surface area (TPSA) is 63.4 Å². The van der Waals surface area contributed by atoms with E-state index in [2.05, 4.69) is 29.8 Å². The van der Waals surface area contributed by atoms with Gasteiger partial charge in [-0.2, -0.15) is 4.31 Å². The molecule has 1 saturated heterocycles. The van der Waals surface area contributed by atoms with Crippen molar-refractivity contribution in [1.82, 2.24) is 4.31 Å². The number of hydrogen-bond donors (Lipinski definition) is 1. The first-order valence-corrected chi connectivity index (χ1v) is 8.11. The summed E-state index contributed by atoms with van der Waals surface area (Å²) in [5, 5.41) is 0. The smallest absolute Gasteiger partial charge is 0.245 e. The Bertz CT molecular complexity index is 549. The molecular formula is C12H17BrN2O2S. The molecule has 1 fully saturated rings. The van der Waals surface area contributed by atoms with Crippen LogP contribution < -0.4 is 5.73 Å². The van der Waals surface area contributed by atoms with Gasteiger partial charge in [0, 0.05) is 17.6 Å². The zero-order chi connectivity index (χ0) is 13.5. The Morgan fingerprint density at radius 2 is 1.83 bits per heavy atom. The normalized spacial score (nSPS) is 25.5. The molecule has 1 aromatic carbocycles. The van der Waals surface area contributed by atoms with Gasteiger partial charge in [0.05, 0.1) is 5.69 Å². The van der Waals surface area contributed by atoms with Gasteiger partial charge < -0.3 is 5.73 Å². The number of nitrogens with two attached hydrogens (primary N) is 1. The average Bonchev–Trinajstić information content (AvgIpc) is 2.59. The van der Waals surface area contributed by atoms with Crippen LogP contribution >= 0.6 is 15.9 Å². The maximum absolute atomic E-state index is 12.5. The van der Waals surface area contributed by atoms with E-state index in [9.17, 15) is 8.42 Å². The van der Waals surface area contributed by atoms with Gasteiger partial charge in [0.15, 0.2) is 0 Å². The second-order valence-corrected chi connectivity index (χ2v) is 7.78. The molecule has 6 heteroatoms. The third-order valence-corrected chi connectivity index (χ3v) is 5.94. The SMILES string of the molecule is CC1CN(S(=O)(=O)c2ccc(Br)cc2N)CC1C. The van der Waals surface area contributed by atoms with Gasteiger partial charge in [0.2, 0.25) is 10.0 Å². The number of rotatable bonds is 2. The van der Waals surface area contributed by atoms with Crippen LogP contribution in [0.25, 0.3) is 0 Å². The largest absolute Gasteiger partial charge is 0.398 e. The molecule has 0 amide bonds. The van der Waals surface area contributed by atoms with Crippen LogP contribution in [0.1, 0.15) is 13.8 Å². The Hall–Kier alpha value is -0.590. The first-order chi connectivity index (χ1) is 8.32. The Labute approximate surface area is 116 Å². The lowest BCUT2D eigenvalue weighted by Crippen LogP contribution is -2.29. The minimum Gasteiger partial charge on any atom is -0.398 e. The standard InChI is InChI=1S/C12H17BrN2O2S/c1-8-6-15(7-9(8)2)18(16,17)12-4-3-10(13)5-11(12)14/h3-5,8-9H,6-7,14H2,1-2H3. The van der Waals surface area contributed by atoms with E-state index >= 15 is 0 Å². The second kappa shape index (κ2) is 4.83. The van der Waals surface area contributed by atoms with E-state index < -0.39 is 10.0 Å². The molecule has 1 heterocycles. The molecule has 18 heavy (non-hydrogen) atoms. The van der Waals surface area contributed by atoms with Gasteiger partial charge in [-0.3, -0.25) is 0 Å². The van der Waals surface area contributed by atoms with Gasteiger partial charge in [-0.15, -0.1) is 0 Å². The van der Waals surface area contributed by atoms with Crippen LogP contribution in [-0.4, -0.2) is 25.8 Å². The molecule has 0 saturated carbocycles. The molecule has 2 unspecified atom stereocenters. The lowest BCUT2D eigenvalue weighted by Gasteiger charge is -2.17. The first kappa shape index (κ1) is 13.8. The molecule has 1 aliphatic heterocycles. The van der Waals surface area contributed by atoms with E-state index in [0.29, 0.717) is 24.9 Å². The van der Waals surface area contributed by atoms with E-state index in [1.54, 1.807) is 18.2 Å². The lowest BCUT2D eigenvalue weighted by molar-refractivity contribution is 0.463. The van der Waals surface area contributed by atoms with Crippen LogP contribution in [-0.2, 0) is 10.0 Å². The molecule has 2 N–H and O–H groups in total. The van der Waals surface area contributed by atoms with Gasteiger partial charge >= 0.3 is 0 Å². The molecule has 1 aromatic rings. The fraction of sp³-hybridized carbons (Fsp3) is 0.500. The van der Waals surface area contributed by atoms with Crippen LogP contribution in [0.5, 0.6) is 0 Å². The predicted octanol–water partition coefficient (Wildman–Crippen LogP) is 2.31. The summed E-state index contributed by atoms with van der Waals surface area (Å²) in [7, 11) is -3.46. The van der Waals surface area contributed by atoms with E-state index in [4.69, 9.17) is 5.73 Å². The Morgan fingerprint density at radius 1 is 1.28 bits per heavy atom. The van der Waals surface area contributed by atoms with Crippen molar-refractivity contribution in [2.24, 2.45) is 11.8 Å². The summed E-state index contributed by atoms with van der Waals surface area (Å²) in [4.78, 5) is 0.201. The van der Waals surface area contributed by atoms with Crippen LogP contribution in [0.4, 0.5) is 5.69 Å². The van der Waals surface area contributed by atoms with E-state index in [1.807, 2.05) is 0 Å². The minimum absolute atomic E-state index is 0.201. The van der Waals surface area contributed by atoms with Crippen molar-refractivity contribution in [3.8, 4) is 0 Å². The lowest BCUT2D eigenvalue weighted by atomic mass is 10.0. The molecule has 0 radical (unpaired) electrons. The zero-order valence-corrected chi connectivity index (χ0v) is 12.8. The molecule has 2 atom stereocenters. The first-order valence-electron chi connectivity index (χ1n) is 5.87. The monoisotopic (exact) mass is 332 g/mol. The number of nitrogen functional groups attached to an aromatic ring is 1. The molecule has 0 bridgehead atoms. The number of anilines is 1. The Kier molecular flexibility index (Phi) is 3.71. The summed E-state index contributed by atoms with van der Waals surface area (Å²) in [6.45, 7) is 5.29. The van der Waals surface area contributed by atoms with Crippen molar-refractivity contribution in [2.45, 2.75) is 18.7 Å². The van der Waals surface area contributed by atoms with Gasteiger partial charge in [0.25, 0.3) is 0 Å². The molecule has 0 aliphatic carbocycles. The number of nitrogens with zero attached hydrogens (tertiary/aromatic N) is 1. The summed E-state index contributed by atoms with van der Waals surface area (Å²) >= 11 is 3.28. The van der Waals surface area contributed by atoms with Crippen LogP contribution in [0.15, 0.2) is 27.6 Å². The number of benzene rings is 1. The summed E-state index contributed by atoms with van der Waals surface area (Å²) in [5.74, 6) is 0.771. The number of halogens is 1. The average molecular weight is 333 g/mol. The highest BCUT2D eigenvalue weighted by atomic mass is 79.9. The molecule has 100 valence electrons. The van der Waals surface area contributed by atoms with E-state index in [-0.39, 0.29) is 10.6 Å². The highest BCUT2D eigenvalue weighted by Gasteiger charge is 2.35. The Morgan fingerprint density at radius 3 is 2.33 bits per heavy atom.